The fourth-order valence-corrected chi connectivity index (χ4v) is 2.30. The number of pyridine rings is 1. The van der Waals surface area contributed by atoms with Gasteiger partial charge in [-0.2, -0.15) is 0 Å². The van der Waals surface area contributed by atoms with Gasteiger partial charge in [-0.1, -0.05) is 6.07 Å². The Morgan fingerprint density at radius 1 is 1.32 bits per heavy atom. The summed E-state index contributed by atoms with van der Waals surface area (Å²) in [5.41, 5.74) is 1.54. The molecule has 0 aliphatic carbocycles. The van der Waals surface area contributed by atoms with Gasteiger partial charge in [0.15, 0.2) is 11.9 Å². The Morgan fingerprint density at radius 3 is 2.58 bits per heavy atom. The number of carbonyl (C=O) groups is 1. The van der Waals surface area contributed by atoms with E-state index in [2.05, 4.69) is 0 Å². The molecule has 0 radical (unpaired) electrons. The molecule has 0 bridgehead atoms. The van der Waals surface area contributed by atoms with Crippen LogP contribution in [-0.4, -0.2) is 10.7 Å². The molecule has 0 N–H and O–H groups in total. The maximum atomic E-state index is 11.3. The highest BCUT2D eigenvalue weighted by molar-refractivity contribution is 5.94. The van der Waals surface area contributed by atoms with Gasteiger partial charge >= 0.3 is 0 Å². The van der Waals surface area contributed by atoms with E-state index in [-0.39, 0.29) is 22.8 Å². The molecule has 0 saturated heterocycles. The molecule has 0 atom stereocenters. The van der Waals surface area contributed by atoms with E-state index in [0.29, 0.717) is 10.9 Å². The summed E-state index contributed by atoms with van der Waals surface area (Å²) in [5.74, 6) is 0.0336. The molecule has 2 aromatic rings. The Bertz CT molecular complexity index is 693. The average molecular weight is 259 g/mol. The van der Waals surface area contributed by atoms with Crippen molar-refractivity contribution >= 4 is 22.2 Å². The number of Topliss-reactive ketones (excluding diaryl/α,β-unsaturated/α-hetero) is 1. The fourth-order valence-electron chi connectivity index (χ4n) is 2.30. The van der Waals surface area contributed by atoms with Gasteiger partial charge < -0.3 is 0 Å². The van der Waals surface area contributed by atoms with Crippen molar-refractivity contribution < 1.29 is 14.3 Å². The van der Waals surface area contributed by atoms with Crippen molar-refractivity contribution in [1.29, 1.82) is 0 Å². The van der Waals surface area contributed by atoms with Crippen LogP contribution >= 0.6 is 0 Å². The van der Waals surface area contributed by atoms with E-state index in [1.165, 1.54) is 6.92 Å². The first-order valence-electron chi connectivity index (χ1n) is 5.96. The number of aryl methyl sites for hydroxylation is 2. The lowest BCUT2D eigenvalue weighted by Gasteiger charge is -2.05. The summed E-state index contributed by atoms with van der Waals surface area (Å²) in [6.07, 6.45) is 2.03. The summed E-state index contributed by atoms with van der Waals surface area (Å²) in [4.78, 5) is 22.2. The predicted molar refractivity (Wildman–Crippen MR) is 70.9 cm³/mol. The van der Waals surface area contributed by atoms with Crippen LogP contribution in [0.5, 0.6) is 0 Å². The lowest BCUT2D eigenvalue weighted by molar-refractivity contribution is -0.677. The van der Waals surface area contributed by atoms with Gasteiger partial charge in [0.05, 0.1) is 22.1 Å². The van der Waals surface area contributed by atoms with Gasteiger partial charge in [0.25, 0.3) is 5.69 Å². The molecule has 0 amide bonds. The first-order valence-corrected chi connectivity index (χ1v) is 5.96. The van der Waals surface area contributed by atoms with Crippen molar-refractivity contribution in [3.63, 3.8) is 0 Å². The summed E-state index contributed by atoms with van der Waals surface area (Å²) in [5, 5.41) is 12.5. The van der Waals surface area contributed by atoms with Gasteiger partial charge in [0.2, 0.25) is 0 Å². The first-order chi connectivity index (χ1) is 8.91. The number of nitro groups is 1. The van der Waals surface area contributed by atoms with E-state index in [4.69, 9.17) is 0 Å². The van der Waals surface area contributed by atoms with Gasteiger partial charge in [-0.3, -0.25) is 14.9 Å². The minimum absolute atomic E-state index is 0.0336. The van der Waals surface area contributed by atoms with E-state index < -0.39 is 0 Å². The third kappa shape index (κ3) is 2.31. The lowest BCUT2D eigenvalue weighted by atomic mass is 10.0. The molecule has 19 heavy (non-hydrogen) atoms. The fraction of sp³-hybridized carbons (Fsp3) is 0.286. The molecule has 1 aromatic heterocycles. The molecule has 0 unspecified atom stereocenters. The smallest absolute Gasteiger partial charge is 0.280 e. The number of nitro benzene ring substituents is 1. The van der Waals surface area contributed by atoms with E-state index in [1.54, 1.807) is 25.3 Å². The Labute approximate surface area is 110 Å². The van der Waals surface area contributed by atoms with Gasteiger partial charge in [-0.15, -0.1) is 0 Å². The Morgan fingerprint density at radius 2 is 2.00 bits per heavy atom. The van der Waals surface area contributed by atoms with Crippen LogP contribution in [0.1, 0.15) is 18.2 Å². The Balaban J connectivity index is 2.84. The van der Waals surface area contributed by atoms with Gasteiger partial charge in [-0.25, -0.2) is 4.57 Å². The van der Waals surface area contributed by atoms with Crippen LogP contribution in [0.15, 0.2) is 24.4 Å². The highest BCUT2D eigenvalue weighted by Crippen LogP contribution is 2.29. The second-order valence-corrected chi connectivity index (χ2v) is 4.70. The largest absolute Gasteiger partial charge is 0.299 e. The summed E-state index contributed by atoms with van der Waals surface area (Å²) in [6.45, 7) is 3.23. The number of carbonyl (C=O) groups excluding carboxylic acids is 1. The molecule has 0 spiro atoms. The second kappa shape index (κ2) is 4.76. The zero-order valence-electron chi connectivity index (χ0n) is 11.1. The molecule has 0 fully saturated rings. The maximum Gasteiger partial charge on any atom is 0.280 e. The van der Waals surface area contributed by atoms with Crippen molar-refractivity contribution in [3.8, 4) is 0 Å². The summed E-state index contributed by atoms with van der Waals surface area (Å²) >= 11 is 0. The van der Waals surface area contributed by atoms with Crippen molar-refractivity contribution in [1.82, 2.24) is 0 Å². The molecule has 1 aromatic carbocycles. The van der Waals surface area contributed by atoms with Crippen LogP contribution in [0.25, 0.3) is 10.8 Å². The minimum Gasteiger partial charge on any atom is -0.299 e. The van der Waals surface area contributed by atoms with E-state index in [9.17, 15) is 14.9 Å². The molecule has 5 nitrogen and oxygen atoms in total. The SMILES string of the molecule is CC(=O)Cc1c2ccc(C)c([N+](=O)[O-])c2cc[n+]1C. The third-order valence-electron chi connectivity index (χ3n) is 3.22. The summed E-state index contributed by atoms with van der Waals surface area (Å²) in [6, 6.07) is 5.30. The zero-order chi connectivity index (χ0) is 14.2. The number of hydrogen-bond donors (Lipinski definition) is 0. The van der Waals surface area contributed by atoms with Crippen LogP contribution in [0.4, 0.5) is 5.69 Å². The molecule has 0 aliphatic heterocycles. The molecule has 1 heterocycles. The predicted octanol–water partition coefficient (Wildman–Crippen LogP) is 2.01. The number of aromatic nitrogens is 1. The van der Waals surface area contributed by atoms with Crippen LogP contribution in [0, 0.1) is 17.0 Å². The number of rotatable bonds is 3. The van der Waals surface area contributed by atoms with E-state index in [0.717, 1.165) is 11.1 Å². The van der Waals surface area contributed by atoms with Gasteiger partial charge in [0, 0.05) is 11.6 Å². The van der Waals surface area contributed by atoms with Crippen molar-refractivity contribution in [2.45, 2.75) is 20.3 Å². The number of nitrogens with zero attached hydrogens (tertiary/aromatic N) is 2. The summed E-state index contributed by atoms with van der Waals surface area (Å²) in [7, 11) is 1.84. The van der Waals surface area contributed by atoms with E-state index >= 15 is 0 Å². The molecule has 0 aliphatic rings. The number of fused-ring (bicyclic) bond motifs is 1. The number of hydrogen-bond acceptors (Lipinski definition) is 3. The van der Waals surface area contributed by atoms with Crippen LogP contribution in [-0.2, 0) is 18.3 Å². The average Bonchev–Trinajstić information content (AvgIpc) is 2.31. The van der Waals surface area contributed by atoms with Gasteiger partial charge in [-0.05, 0) is 19.9 Å². The number of benzene rings is 1. The first kappa shape index (κ1) is 13.1. The third-order valence-corrected chi connectivity index (χ3v) is 3.22. The number of ketones is 1. The van der Waals surface area contributed by atoms with Crippen LogP contribution < -0.4 is 4.57 Å². The monoisotopic (exact) mass is 259 g/mol. The van der Waals surface area contributed by atoms with Crippen molar-refractivity contribution in [2.75, 3.05) is 0 Å². The Kier molecular flexibility index (Phi) is 3.29. The Hall–Kier alpha value is -2.30. The van der Waals surface area contributed by atoms with Gasteiger partial charge in [0.1, 0.15) is 12.8 Å². The highest BCUT2D eigenvalue weighted by atomic mass is 16.6. The van der Waals surface area contributed by atoms with Crippen LogP contribution in [0.3, 0.4) is 0 Å². The quantitative estimate of drug-likeness (QED) is 0.481. The van der Waals surface area contributed by atoms with Crippen LogP contribution in [0.2, 0.25) is 0 Å². The molecular formula is C14H15N2O3+. The van der Waals surface area contributed by atoms with E-state index in [1.807, 2.05) is 17.7 Å². The topological polar surface area (TPSA) is 64.1 Å². The van der Waals surface area contributed by atoms with Crippen molar-refractivity contribution in [2.24, 2.45) is 7.05 Å². The molecule has 2 rings (SSSR count). The minimum atomic E-state index is -0.366. The molecule has 5 heteroatoms. The maximum absolute atomic E-state index is 11.3. The molecular weight excluding hydrogens is 244 g/mol. The normalized spacial score (nSPS) is 10.7. The lowest BCUT2D eigenvalue weighted by Crippen LogP contribution is -2.34. The second-order valence-electron chi connectivity index (χ2n) is 4.70. The molecule has 0 saturated carbocycles. The standard InChI is InChI=1S/C14H15N2O3/c1-9-4-5-11-12(14(9)16(18)19)6-7-15(3)13(11)8-10(2)17/h4-7H,8H2,1-3H3/q+1. The summed E-state index contributed by atoms with van der Waals surface area (Å²) < 4.78 is 1.84. The van der Waals surface area contributed by atoms with Crippen molar-refractivity contribution in [3.05, 3.63) is 45.8 Å². The zero-order valence-corrected chi connectivity index (χ0v) is 11.1. The highest BCUT2D eigenvalue weighted by Gasteiger charge is 2.22. The molecule has 98 valence electrons.